The summed E-state index contributed by atoms with van der Waals surface area (Å²) in [4.78, 5) is 4.65. The molecule has 3 aliphatic rings. The second kappa shape index (κ2) is 4.49. The van der Waals surface area contributed by atoms with E-state index in [4.69, 9.17) is 0 Å². The Balaban J connectivity index is 1.41. The van der Waals surface area contributed by atoms with Crippen LogP contribution in [0.2, 0.25) is 0 Å². The quantitative estimate of drug-likeness (QED) is 0.812. The summed E-state index contributed by atoms with van der Waals surface area (Å²) in [7, 11) is 0. The Kier molecular flexibility index (Phi) is 3.14. The van der Waals surface area contributed by atoms with Crippen LogP contribution in [0.3, 0.4) is 0 Å². The molecule has 2 nitrogen and oxygen atoms in total. The SMILES string of the molecule is CC(C)CC1CN=C(NCC2(C3CC3)CC2)S1. The van der Waals surface area contributed by atoms with Crippen molar-refractivity contribution in [3.63, 3.8) is 0 Å². The van der Waals surface area contributed by atoms with Gasteiger partial charge in [0.1, 0.15) is 0 Å². The van der Waals surface area contributed by atoms with Gasteiger partial charge in [0, 0.05) is 11.8 Å². The molecule has 2 saturated carbocycles. The first-order valence-electron chi connectivity index (χ1n) is 7.13. The van der Waals surface area contributed by atoms with Crippen molar-refractivity contribution in [2.24, 2.45) is 22.2 Å². The first-order valence-corrected chi connectivity index (χ1v) is 8.01. The topological polar surface area (TPSA) is 24.4 Å². The lowest BCUT2D eigenvalue weighted by molar-refractivity contribution is 0.435. The fourth-order valence-corrected chi connectivity index (χ4v) is 4.25. The molecule has 1 unspecified atom stereocenters. The molecule has 1 atom stereocenters. The van der Waals surface area contributed by atoms with Crippen LogP contribution in [0.1, 0.15) is 46.0 Å². The number of hydrogen-bond acceptors (Lipinski definition) is 3. The summed E-state index contributed by atoms with van der Waals surface area (Å²) in [5.41, 5.74) is 0.694. The molecular formula is C14H24N2S. The zero-order valence-corrected chi connectivity index (χ0v) is 11.9. The van der Waals surface area contributed by atoms with Crippen molar-refractivity contribution in [2.45, 2.75) is 51.2 Å². The Labute approximate surface area is 109 Å². The molecule has 3 rings (SSSR count). The van der Waals surface area contributed by atoms with E-state index in [0.717, 1.165) is 23.6 Å². The molecule has 1 heterocycles. The first-order chi connectivity index (χ1) is 8.18. The van der Waals surface area contributed by atoms with E-state index in [1.165, 1.54) is 43.8 Å². The molecule has 0 bridgehead atoms. The van der Waals surface area contributed by atoms with Crippen molar-refractivity contribution in [3.05, 3.63) is 0 Å². The first kappa shape index (κ1) is 11.9. The maximum Gasteiger partial charge on any atom is 0.156 e. The monoisotopic (exact) mass is 252 g/mol. The van der Waals surface area contributed by atoms with Crippen LogP contribution in [0.5, 0.6) is 0 Å². The lowest BCUT2D eigenvalue weighted by Crippen LogP contribution is -2.28. The van der Waals surface area contributed by atoms with Gasteiger partial charge >= 0.3 is 0 Å². The lowest BCUT2D eigenvalue weighted by atomic mass is 10.0. The summed E-state index contributed by atoms with van der Waals surface area (Å²) < 4.78 is 0. The molecule has 0 spiro atoms. The summed E-state index contributed by atoms with van der Waals surface area (Å²) in [6.45, 7) is 6.83. The van der Waals surface area contributed by atoms with Gasteiger partial charge in [0.25, 0.3) is 0 Å². The normalized spacial score (nSPS) is 30.5. The molecule has 3 heteroatoms. The van der Waals surface area contributed by atoms with Crippen LogP contribution in [0.15, 0.2) is 4.99 Å². The summed E-state index contributed by atoms with van der Waals surface area (Å²) in [5.74, 6) is 1.84. The van der Waals surface area contributed by atoms with Gasteiger partial charge in [-0.05, 0) is 49.4 Å². The van der Waals surface area contributed by atoms with Gasteiger partial charge in [-0.15, -0.1) is 0 Å². The predicted octanol–water partition coefficient (Wildman–Crippen LogP) is 3.28. The standard InChI is InChI=1S/C14H24N2S/c1-10(2)7-12-8-15-13(17-12)16-9-14(5-6-14)11-3-4-11/h10-12H,3-9H2,1-2H3,(H,15,16). The minimum Gasteiger partial charge on any atom is -0.364 e. The highest BCUT2D eigenvalue weighted by molar-refractivity contribution is 8.14. The number of hydrogen-bond donors (Lipinski definition) is 1. The van der Waals surface area contributed by atoms with E-state index in [-0.39, 0.29) is 0 Å². The highest BCUT2D eigenvalue weighted by atomic mass is 32.2. The highest BCUT2D eigenvalue weighted by Gasteiger charge is 2.53. The van der Waals surface area contributed by atoms with E-state index >= 15 is 0 Å². The number of nitrogens with zero attached hydrogens (tertiary/aromatic N) is 1. The molecule has 1 N–H and O–H groups in total. The number of thioether (sulfide) groups is 1. The van der Waals surface area contributed by atoms with Crippen molar-refractivity contribution < 1.29 is 0 Å². The molecule has 0 radical (unpaired) electrons. The number of amidine groups is 1. The maximum absolute atomic E-state index is 4.65. The van der Waals surface area contributed by atoms with Crippen molar-refractivity contribution in [3.8, 4) is 0 Å². The molecule has 0 amide bonds. The van der Waals surface area contributed by atoms with Crippen LogP contribution in [0.25, 0.3) is 0 Å². The third-order valence-electron chi connectivity index (χ3n) is 4.38. The molecule has 2 fully saturated rings. The van der Waals surface area contributed by atoms with Gasteiger partial charge in [-0.25, -0.2) is 0 Å². The highest BCUT2D eigenvalue weighted by Crippen LogP contribution is 2.60. The van der Waals surface area contributed by atoms with Gasteiger partial charge in [-0.1, -0.05) is 25.6 Å². The fourth-order valence-electron chi connectivity index (χ4n) is 3.00. The van der Waals surface area contributed by atoms with Crippen molar-refractivity contribution in [1.29, 1.82) is 0 Å². The van der Waals surface area contributed by atoms with Gasteiger partial charge in [-0.3, -0.25) is 4.99 Å². The van der Waals surface area contributed by atoms with E-state index in [1.807, 2.05) is 11.8 Å². The molecule has 17 heavy (non-hydrogen) atoms. The summed E-state index contributed by atoms with van der Waals surface area (Å²) in [6.07, 6.45) is 7.18. The van der Waals surface area contributed by atoms with Crippen LogP contribution < -0.4 is 5.32 Å². The minimum atomic E-state index is 0.694. The Morgan fingerprint density at radius 3 is 2.76 bits per heavy atom. The Morgan fingerprint density at radius 1 is 1.41 bits per heavy atom. The molecule has 1 aliphatic heterocycles. The van der Waals surface area contributed by atoms with Crippen molar-refractivity contribution in [2.75, 3.05) is 13.1 Å². The van der Waals surface area contributed by atoms with Crippen molar-refractivity contribution >= 4 is 16.9 Å². The molecule has 0 aromatic heterocycles. The van der Waals surface area contributed by atoms with Gasteiger partial charge < -0.3 is 5.32 Å². The number of nitrogens with one attached hydrogen (secondary N) is 1. The number of rotatable bonds is 5. The van der Waals surface area contributed by atoms with Gasteiger partial charge in [-0.2, -0.15) is 0 Å². The summed E-state index contributed by atoms with van der Waals surface area (Å²) >= 11 is 1.98. The molecular weight excluding hydrogens is 228 g/mol. The molecule has 96 valence electrons. The third kappa shape index (κ3) is 2.81. The van der Waals surface area contributed by atoms with Crippen LogP contribution in [0, 0.1) is 17.3 Å². The zero-order valence-electron chi connectivity index (χ0n) is 11.0. The molecule has 2 aliphatic carbocycles. The van der Waals surface area contributed by atoms with Crippen LogP contribution in [-0.2, 0) is 0 Å². The van der Waals surface area contributed by atoms with E-state index in [0.29, 0.717) is 5.41 Å². The molecule has 0 saturated heterocycles. The van der Waals surface area contributed by atoms with E-state index in [2.05, 4.69) is 24.2 Å². The van der Waals surface area contributed by atoms with Gasteiger partial charge in [0.05, 0.1) is 6.54 Å². The maximum atomic E-state index is 4.65. The Bertz CT molecular complexity index is 316. The Morgan fingerprint density at radius 2 is 2.18 bits per heavy atom. The Hall–Kier alpha value is -0.180. The van der Waals surface area contributed by atoms with E-state index < -0.39 is 0 Å². The smallest absolute Gasteiger partial charge is 0.156 e. The van der Waals surface area contributed by atoms with E-state index in [9.17, 15) is 0 Å². The predicted molar refractivity (Wildman–Crippen MR) is 75.5 cm³/mol. The number of aliphatic imine (C=N–C) groups is 1. The summed E-state index contributed by atoms with van der Waals surface area (Å²) in [5, 5.41) is 5.58. The third-order valence-corrected chi connectivity index (χ3v) is 5.55. The van der Waals surface area contributed by atoms with Crippen LogP contribution >= 0.6 is 11.8 Å². The van der Waals surface area contributed by atoms with Gasteiger partial charge in [0.15, 0.2) is 5.17 Å². The largest absolute Gasteiger partial charge is 0.364 e. The second-order valence-corrected chi connectivity index (χ2v) is 7.79. The zero-order chi connectivity index (χ0) is 11.9. The second-order valence-electron chi connectivity index (χ2n) is 6.51. The van der Waals surface area contributed by atoms with Crippen molar-refractivity contribution in [1.82, 2.24) is 5.32 Å². The molecule has 0 aromatic rings. The van der Waals surface area contributed by atoms with E-state index in [1.54, 1.807) is 0 Å². The minimum absolute atomic E-state index is 0.694. The van der Waals surface area contributed by atoms with Gasteiger partial charge in [0.2, 0.25) is 0 Å². The average molecular weight is 252 g/mol. The summed E-state index contributed by atoms with van der Waals surface area (Å²) in [6, 6.07) is 0. The fraction of sp³-hybridized carbons (Fsp3) is 0.929. The molecule has 0 aromatic carbocycles. The van der Waals surface area contributed by atoms with Crippen LogP contribution in [0.4, 0.5) is 0 Å². The average Bonchev–Trinajstić information content (AvgIpc) is 3.15. The lowest BCUT2D eigenvalue weighted by Gasteiger charge is -2.16. The van der Waals surface area contributed by atoms with Crippen LogP contribution in [-0.4, -0.2) is 23.5 Å².